The van der Waals surface area contributed by atoms with Crippen molar-refractivity contribution in [1.82, 2.24) is 10.6 Å². The van der Waals surface area contributed by atoms with Gasteiger partial charge in [0.25, 0.3) is 0 Å². The van der Waals surface area contributed by atoms with Crippen LogP contribution in [0.15, 0.2) is 34.2 Å². The van der Waals surface area contributed by atoms with Crippen LogP contribution in [0.4, 0.5) is 0 Å². The summed E-state index contributed by atoms with van der Waals surface area (Å²) in [5.74, 6) is 1.87. The summed E-state index contributed by atoms with van der Waals surface area (Å²) >= 11 is 1.85. The highest BCUT2D eigenvalue weighted by molar-refractivity contribution is 7.99. The van der Waals surface area contributed by atoms with Gasteiger partial charge in [0.05, 0.1) is 13.2 Å². The lowest BCUT2D eigenvalue weighted by Gasteiger charge is -2.11. The fraction of sp³-hybridized carbons (Fsp3) is 0.533. The van der Waals surface area contributed by atoms with Gasteiger partial charge in [0.2, 0.25) is 0 Å². The molecule has 0 unspecified atom stereocenters. The van der Waals surface area contributed by atoms with Gasteiger partial charge >= 0.3 is 0 Å². The molecule has 0 aliphatic heterocycles. The third-order valence-corrected chi connectivity index (χ3v) is 3.61. The molecule has 0 heterocycles. The van der Waals surface area contributed by atoms with Gasteiger partial charge in [-0.2, -0.15) is 0 Å². The molecule has 0 bridgehead atoms. The van der Waals surface area contributed by atoms with Gasteiger partial charge in [-0.1, -0.05) is 17.7 Å². The molecule has 0 atom stereocenters. The minimum atomic E-state index is 0.648. The van der Waals surface area contributed by atoms with E-state index in [9.17, 15) is 0 Å². The number of rotatable bonds is 8. The summed E-state index contributed by atoms with van der Waals surface area (Å²) in [5, 5.41) is 6.55. The van der Waals surface area contributed by atoms with Crippen molar-refractivity contribution in [2.75, 3.05) is 39.1 Å². The highest BCUT2D eigenvalue weighted by Gasteiger charge is 1.97. The number of thioether (sulfide) groups is 1. The summed E-state index contributed by atoms with van der Waals surface area (Å²) in [6.45, 7) is 7.25. The Morgan fingerprint density at radius 1 is 1.25 bits per heavy atom. The topological polar surface area (TPSA) is 45.7 Å². The molecule has 4 nitrogen and oxygen atoms in total. The lowest BCUT2D eigenvalue weighted by atomic mass is 10.2. The van der Waals surface area contributed by atoms with Crippen LogP contribution in [0.1, 0.15) is 12.5 Å². The molecule has 2 N–H and O–H groups in total. The minimum absolute atomic E-state index is 0.648. The van der Waals surface area contributed by atoms with Gasteiger partial charge in [0, 0.05) is 30.8 Å². The molecule has 0 saturated heterocycles. The number of methoxy groups -OCH3 is 1. The van der Waals surface area contributed by atoms with Crippen LogP contribution in [0, 0.1) is 6.92 Å². The second kappa shape index (κ2) is 10.6. The summed E-state index contributed by atoms with van der Waals surface area (Å²) in [6.07, 6.45) is 0. The Balaban J connectivity index is 2.25. The lowest BCUT2D eigenvalue weighted by molar-refractivity contribution is 0.208. The predicted octanol–water partition coefficient (Wildman–Crippen LogP) is 2.29. The van der Waals surface area contributed by atoms with E-state index < -0.39 is 0 Å². The number of aliphatic imine (C=N–C) groups is 1. The molecule has 0 radical (unpaired) electrons. The first kappa shape index (κ1) is 16.9. The van der Waals surface area contributed by atoms with E-state index >= 15 is 0 Å². The van der Waals surface area contributed by atoms with Gasteiger partial charge in [0.1, 0.15) is 0 Å². The molecule has 0 spiro atoms. The number of ether oxygens (including phenoxy) is 1. The highest BCUT2D eigenvalue weighted by Crippen LogP contribution is 2.17. The van der Waals surface area contributed by atoms with E-state index in [4.69, 9.17) is 4.74 Å². The van der Waals surface area contributed by atoms with Crippen LogP contribution < -0.4 is 10.6 Å². The van der Waals surface area contributed by atoms with Crippen LogP contribution in [0.5, 0.6) is 0 Å². The minimum Gasteiger partial charge on any atom is -0.383 e. The van der Waals surface area contributed by atoms with Gasteiger partial charge in [0.15, 0.2) is 5.96 Å². The Labute approximate surface area is 126 Å². The lowest BCUT2D eigenvalue weighted by Crippen LogP contribution is -2.38. The maximum atomic E-state index is 5.00. The predicted molar refractivity (Wildman–Crippen MR) is 87.8 cm³/mol. The van der Waals surface area contributed by atoms with Crippen LogP contribution in [-0.2, 0) is 4.74 Å². The molecule has 0 saturated carbocycles. The third kappa shape index (κ3) is 7.40. The van der Waals surface area contributed by atoms with Crippen LogP contribution in [0.2, 0.25) is 0 Å². The van der Waals surface area contributed by atoms with E-state index in [1.165, 1.54) is 10.5 Å². The monoisotopic (exact) mass is 295 g/mol. The second-order valence-corrected chi connectivity index (χ2v) is 5.51. The molecular formula is C15H25N3OS. The molecule has 1 rings (SSSR count). The van der Waals surface area contributed by atoms with E-state index in [-0.39, 0.29) is 0 Å². The van der Waals surface area contributed by atoms with Crippen LogP contribution in [0.3, 0.4) is 0 Å². The van der Waals surface area contributed by atoms with Gasteiger partial charge in [-0.05, 0) is 26.0 Å². The smallest absolute Gasteiger partial charge is 0.191 e. The van der Waals surface area contributed by atoms with E-state index in [0.29, 0.717) is 13.2 Å². The van der Waals surface area contributed by atoms with Gasteiger partial charge in [-0.3, -0.25) is 4.99 Å². The quantitative estimate of drug-likeness (QED) is 0.334. The van der Waals surface area contributed by atoms with Crippen LogP contribution in [0.25, 0.3) is 0 Å². The molecular weight excluding hydrogens is 270 g/mol. The van der Waals surface area contributed by atoms with Gasteiger partial charge < -0.3 is 15.4 Å². The number of benzene rings is 1. The van der Waals surface area contributed by atoms with Crippen molar-refractivity contribution >= 4 is 17.7 Å². The Bertz CT molecular complexity index is 393. The number of nitrogens with zero attached hydrogens (tertiary/aromatic N) is 1. The Kier molecular flexibility index (Phi) is 8.91. The molecule has 0 aliphatic rings. The summed E-state index contributed by atoms with van der Waals surface area (Å²) in [4.78, 5) is 5.72. The van der Waals surface area contributed by atoms with Crippen molar-refractivity contribution in [2.45, 2.75) is 18.7 Å². The first-order valence-electron chi connectivity index (χ1n) is 6.97. The van der Waals surface area contributed by atoms with Crippen LogP contribution in [-0.4, -0.2) is 45.1 Å². The Hall–Kier alpha value is -1.20. The molecule has 1 aromatic carbocycles. The van der Waals surface area contributed by atoms with E-state index in [1.807, 2.05) is 11.8 Å². The van der Waals surface area contributed by atoms with Crippen molar-refractivity contribution < 1.29 is 4.74 Å². The molecule has 0 aromatic heterocycles. The van der Waals surface area contributed by atoms with E-state index in [0.717, 1.165) is 24.8 Å². The standard InChI is InChI=1S/C15H25N3OS/c1-4-16-15(17-9-11-19-3)18-10-12-20-14-7-5-13(2)6-8-14/h5-8H,4,9-12H2,1-3H3,(H2,16,17,18). The zero-order valence-corrected chi connectivity index (χ0v) is 13.4. The average Bonchev–Trinajstić information content (AvgIpc) is 2.45. The maximum Gasteiger partial charge on any atom is 0.191 e. The summed E-state index contributed by atoms with van der Waals surface area (Å²) < 4.78 is 5.00. The molecule has 20 heavy (non-hydrogen) atoms. The van der Waals surface area contributed by atoms with Crippen LogP contribution >= 0.6 is 11.8 Å². The zero-order chi connectivity index (χ0) is 14.6. The first-order chi connectivity index (χ1) is 9.76. The van der Waals surface area contributed by atoms with Crippen molar-refractivity contribution in [1.29, 1.82) is 0 Å². The van der Waals surface area contributed by atoms with Crippen molar-refractivity contribution in [3.63, 3.8) is 0 Å². The summed E-state index contributed by atoms with van der Waals surface area (Å²) in [6, 6.07) is 8.62. The third-order valence-electron chi connectivity index (χ3n) is 2.59. The van der Waals surface area contributed by atoms with Crippen molar-refractivity contribution in [3.8, 4) is 0 Å². The Morgan fingerprint density at radius 3 is 2.65 bits per heavy atom. The molecule has 0 amide bonds. The molecule has 0 aliphatic carbocycles. The molecule has 0 fully saturated rings. The summed E-state index contributed by atoms with van der Waals surface area (Å²) in [5.41, 5.74) is 1.30. The maximum absolute atomic E-state index is 5.00. The fourth-order valence-electron chi connectivity index (χ4n) is 1.56. The SMILES string of the molecule is CCNC(=NCCOC)NCCSc1ccc(C)cc1. The van der Waals surface area contributed by atoms with Gasteiger partial charge in [-0.25, -0.2) is 0 Å². The average molecular weight is 295 g/mol. The normalized spacial score (nSPS) is 11.4. The number of hydrogen-bond donors (Lipinski definition) is 2. The van der Waals surface area contributed by atoms with Gasteiger partial charge in [-0.15, -0.1) is 11.8 Å². The van der Waals surface area contributed by atoms with E-state index in [1.54, 1.807) is 7.11 Å². The van der Waals surface area contributed by atoms with Crippen molar-refractivity contribution in [3.05, 3.63) is 29.8 Å². The number of aryl methyl sites for hydroxylation is 1. The second-order valence-electron chi connectivity index (χ2n) is 4.34. The highest BCUT2D eigenvalue weighted by atomic mass is 32.2. The largest absolute Gasteiger partial charge is 0.383 e. The van der Waals surface area contributed by atoms with E-state index in [2.05, 4.69) is 53.7 Å². The molecule has 1 aromatic rings. The number of hydrogen-bond acceptors (Lipinski definition) is 3. The Morgan fingerprint density at radius 2 is 2.00 bits per heavy atom. The fourth-order valence-corrected chi connectivity index (χ4v) is 2.33. The molecule has 5 heteroatoms. The zero-order valence-electron chi connectivity index (χ0n) is 12.6. The summed E-state index contributed by atoms with van der Waals surface area (Å²) in [7, 11) is 1.69. The number of guanidine groups is 1. The number of nitrogens with one attached hydrogen (secondary N) is 2. The van der Waals surface area contributed by atoms with Crippen molar-refractivity contribution in [2.24, 2.45) is 4.99 Å². The molecule has 112 valence electrons. The first-order valence-corrected chi connectivity index (χ1v) is 7.95.